The molecule has 12 rings (SSSR count). The van der Waals surface area contributed by atoms with Gasteiger partial charge in [-0.2, -0.15) is 0 Å². The molecule has 0 spiro atoms. The molecule has 8 heterocycles. The molecule has 7 aromatic rings. The molecule has 478 valence electrons. The first-order chi connectivity index (χ1) is 44.5. The molecule has 8 bridgehead atoms. The van der Waals surface area contributed by atoms with E-state index >= 15 is 0 Å². The van der Waals surface area contributed by atoms with Crippen LogP contribution in [0, 0.1) is 0 Å². The molecule has 5 aliphatic heterocycles. The van der Waals surface area contributed by atoms with E-state index in [1.165, 1.54) is 7.11 Å². The number of aromatic amines is 2. The number of aliphatic hydroxyl groups excluding tert-OH is 4. The number of likely N-dealkylation sites (N-methyl/N-ethyl adjacent to an activating group) is 1. The second-order valence-corrected chi connectivity index (χ2v) is 25.0. The van der Waals surface area contributed by atoms with Gasteiger partial charge in [0.2, 0.25) is 11.8 Å². The molecule has 92 heavy (non-hydrogen) atoms. The number of fused-ring (bicyclic) bond motifs is 8. The lowest BCUT2D eigenvalue weighted by molar-refractivity contribution is -0.862. The van der Waals surface area contributed by atoms with Gasteiger partial charge in [-0.15, -0.1) is 0 Å². The van der Waals surface area contributed by atoms with Crippen LogP contribution in [-0.4, -0.2) is 221 Å². The zero-order valence-electron chi connectivity index (χ0n) is 52.1. The summed E-state index contributed by atoms with van der Waals surface area (Å²) < 4.78 is 24.3. The van der Waals surface area contributed by atoms with Gasteiger partial charge in [0.05, 0.1) is 82.4 Å². The number of amides is 3. The highest BCUT2D eigenvalue weighted by atomic mass is 16.7. The summed E-state index contributed by atoms with van der Waals surface area (Å²) in [5.74, 6) is -1.02. The third-order valence-corrected chi connectivity index (χ3v) is 17.4. The topological polar surface area (TPSA) is 269 Å². The third-order valence-electron chi connectivity index (χ3n) is 17.4. The Morgan fingerprint density at radius 1 is 0.543 bits per heavy atom. The van der Waals surface area contributed by atoms with Gasteiger partial charge in [0.15, 0.2) is 12.8 Å². The molecule has 9 N–H and O–H groups in total. The van der Waals surface area contributed by atoms with Crippen molar-refractivity contribution in [2.75, 3.05) is 92.6 Å². The fraction of sp³-hybridized carbons (Fsp3) is 0.338. The molecule has 0 radical (unpaired) electrons. The van der Waals surface area contributed by atoms with Crippen LogP contribution < -0.4 is 16.0 Å². The monoisotopic (exact) mass is 1250 g/mol. The van der Waals surface area contributed by atoms with Crippen LogP contribution in [0.3, 0.4) is 0 Å². The van der Waals surface area contributed by atoms with Crippen LogP contribution in [0.5, 0.6) is 0 Å². The minimum atomic E-state index is -1.46. The number of aromatic nitrogens is 4. The summed E-state index contributed by atoms with van der Waals surface area (Å²) in [6, 6.07) is 44.9. The highest BCUT2D eigenvalue weighted by molar-refractivity contribution is 6.00. The van der Waals surface area contributed by atoms with Crippen LogP contribution in [0.2, 0.25) is 0 Å². The van der Waals surface area contributed by atoms with E-state index in [1.54, 1.807) is 6.92 Å². The van der Waals surface area contributed by atoms with E-state index in [0.717, 1.165) is 89.4 Å². The lowest BCUT2D eigenvalue weighted by atomic mass is 9.92. The number of rotatable bonds is 18. The normalized spacial score (nSPS) is 23.5. The number of piperazine rings is 1. The van der Waals surface area contributed by atoms with Crippen LogP contribution in [0.15, 0.2) is 140 Å². The molecule has 10 atom stereocenters. The average Bonchev–Trinajstić information content (AvgIpc) is 1.40. The van der Waals surface area contributed by atoms with E-state index in [9.17, 15) is 34.8 Å². The summed E-state index contributed by atoms with van der Waals surface area (Å²) in [4.78, 5) is 63.1. The molecule has 21 nitrogen and oxygen atoms in total. The zero-order chi connectivity index (χ0) is 64.2. The number of quaternary nitrogens is 1. The number of aliphatic hydroxyl groups is 4. The molecule has 5 aliphatic rings. The van der Waals surface area contributed by atoms with Gasteiger partial charge in [-0.1, -0.05) is 103 Å². The fourth-order valence-electron chi connectivity index (χ4n) is 13.0. The van der Waals surface area contributed by atoms with Gasteiger partial charge in [0.25, 0.3) is 5.91 Å². The van der Waals surface area contributed by atoms with E-state index in [2.05, 4.69) is 111 Å². The standard InChI is InChI=1S/C71H78N10O11/c1-42-65(78-60(86)39-81(2,3)4)67(87)70(57(41-83)90-42)92-71-66(68(88)69(89-5)56(40-82)91-71)77-59(85)38-80-35-33-79(34-36-80)37-58(84)72-47-23-21-46(22-24-47)64-54-31-29-52(75-54)62(44-17-11-7-12-18-44)50-27-25-48(73-50)61(43-15-9-6-10-16-43)49-26-28-51(74-49)63(45-19-13-8-14-20-45)53-30-32-55(64)76-53/h6-32,42,56-57,65-71,82-83,87-88H,33-41H2,1-5H3,(H4-,72,73,74,75,76,77,78,84,85,86)/p+1/t42-,56?,57?,65?,66?,67+,68+,69+,70+,71-/m0/s1. The molecule has 3 aromatic heterocycles. The minimum Gasteiger partial charge on any atom is -0.394 e. The van der Waals surface area contributed by atoms with Crippen molar-refractivity contribution in [3.8, 4) is 44.5 Å². The minimum absolute atomic E-state index is 0.0758. The fourth-order valence-corrected chi connectivity index (χ4v) is 13.0. The van der Waals surface area contributed by atoms with E-state index in [1.807, 2.05) is 110 Å². The number of nitrogens with one attached hydrogen (secondary N) is 5. The van der Waals surface area contributed by atoms with Crippen molar-refractivity contribution in [2.24, 2.45) is 0 Å². The van der Waals surface area contributed by atoms with Crippen LogP contribution in [-0.2, 0) is 33.3 Å². The number of hydrogen-bond acceptors (Lipinski definition) is 15. The Kier molecular flexibility index (Phi) is 19.2. The summed E-state index contributed by atoms with van der Waals surface area (Å²) in [6.07, 6.45) is -1.29. The number of anilines is 1. The van der Waals surface area contributed by atoms with Crippen molar-refractivity contribution in [3.63, 3.8) is 0 Å². The Balaban J connectivity index is 0.755. The average molecular weight is 1250 g/mol. The van der Waals surface area contributed by atoms with Crippen molar-refractivity contribution in [1.29, 1.82) is 0 Å². The summed E-state index contributed by atoms with van der Waals surface area (Å²) in [5.41, 5.74) is 15.0. The maximum absolute atomic E-state index is 13.9. The Morgan fingerprint density at radius 3 is 1.37 bits per heavy atom. The van der Waals surface area contributed by atoms with Crippen molar-refractivity contribution in [2.45, 2.75) is 68.0 Å². The molecule has 0 aliphatic carbocycles. The van der Waals surface area contributed by atoms with Crippen LogP contribution in [0.1, 0.15) is 29.7 Å². The molecule has 3 saturated heterocycles. The molecule has 4 aromatic carbocycles. The molecule has 3 fully saturated rings. The molecular formula is C71H79N10O11+. The Hall–Kier alpha value is -8.55. The van der Waals surface area contributed by atoms with Gasteiger partial charge in [0, 0.05) is 83.3 Å². The Morgan fingerprint density at radius 2 is 0.946 bits per heavy atom. The Labute approximate surface area is 533 Å². The second kappa shape index (κ2) is 27.7. The first-order valence-corrected chi connectivity index (χ1v) is 31.2. The highest BCUT2D eigenvalue weighted by Gasteiger charge is 2.52. The van der Waals surface area contributed by atoms with Gasteiger partial charge < -0.3 is 69.8 Å². The summed E-state index contributed by atoms with van der Waals surface area (Å²) in [6.45, 7) is 2.53. The lowest BCUT2D eigenvalue weighted by Crippen LogP contribution is -2.69. The Bertz CT molecular complexity index is 3980. The zero-order valence-corrected chi connectivity index (χ0v) is 52.1. The lowest BCUT2D eigenvalue weighted by Gasteiger charge is -2.48. The van der Waals surface area contributed by atoms with E-state index in [-0.39, 0.29) is 31.4 Å². The van der Waals surface area contributed by atoms with Crippen LogP contribution >= 0.6 is 0 Å². The van der Waals surface area contributed by atoms with Crippen molar-refractivity contribution < 1.29 is 58.2 Å². The maximum Gasteiger partial charge on any atom is 0.275 e. The van der Waals surface area contributed by atoms with Crippen molar-refractivity contribution >= 4 is 69.8 Å². The van der Waals surface area contributed by atoms with Crippen molar-refractivity contribution in [1.82, 2.24) is 40.4 Å². The molecule has 0 saturated carbocycles. The molecule has 4 unspecified atom stereocenters. The predicted octanol–water partition coefficient (Wildman–Crippen LogP) is 6.17. The van der Waals surface area contributed by atoms with Gasteiger partial charge in [0.1, 0.15) is 42.7 Å². The second-order valence-electron chi connectivity index (χ2n) is 25.0. The molecule has 21 heteroatoms. The summed E-state index contributed by atoms with van der Waals surface area (Å²) >= 11 is 0. The van der Waals surface area contributed by atoms with Crippen LogP contribution in [0.25, 0.3) is 90.9 Å². The number of methoxy groups -OCH3 is 1. The number of carbonyl (C=O) groups excluding carboxylic acids is 3. The summed E-state index contributed by atoms with van der Waals surface area (Å²) in [7, 11) is 6.90. The number of carbonyl (C=O) groups is 3. The number of ether oxygens (including phenoxy) is 4. The number of benzene rings is 4. The van der Waals surface area contributed by atoms with Gasteiger partial charge in [-0.05, 0) is 89.9 Å². The quantitative estimate of drug-likeness (QED) is 0.0435. The number of hydrogen-bond donors (Lipinski definition) is 9. The third kappa shape index (κ3) is 13.9. The smallest absolute Gasteiger partial charge is 0.275 e. The van der Waals surface area contributed by atoms with Gasteiger partial charge in [-0.25, -0.2) is 9.97 Å². The highest BCUT2D eigenvalue weighted by Crippen LogP contribution is 2.39. The van der Waals surface area contributed by atoms with E-state index in [4.69, 9.17) is 28.9 Å². The van der Waals surface area contributed by atoms with E-state index < -0.39 is 80.2 Å². The van der Waals surface area contributed by atoms with Crippen LogP contribution in [0.4, 0.5) is 5.69 Å². The number of H-pyrrole nitrogens is 2. The van der Waals surface area contributed by atoms with Gasteiger partial charge >= 0.3 is 0 Å². The van der Waals surface area contributed by atoms with E-state index in [0.29, 0.717) is 36.3 Å². The first-order valence-electron chi connectivity index (χ1n) is 31.2. The van der Waals surface area contributed by atoms with Gasteiger partial charge in [-0.3, -0.25) is 24.2 Å². The first kappa shape index (κ1) is 63.6. The SMILES string of the molecule is CO[C@@H]1C(CO)O[C@@H](O[C@@H]2C(CO)O[C@@H](C)C(NC(=O)C[N+](C)(C)C)[C@H]2O)C(NC(=O)CN2CCN(CC(=O)Nc3ccc(-c4c5nc(c(-c6ccccc6)c6ccc([nH]6)c(-c6ccccc6)c6nc(c(-c7ccccc7)c7ccc4[nH]7)C=C6)C=C5)cc3)CC2)[C@H]1O. The van der Waals surface area contributed by atoms with Crippen molar-refractivity contribution in [3.05, 3.63) is 162 Å². The largest absolute Gasteiger partial charge is 0.394 e. The molecular weight excluding hydrogens is 1170 g/mol. The number of nitrogens with zero attached hydrogens (tertiary/aromatic N) is 5. The maximum atomic E-state index is 13.9. The predicted molar refractivity (Wildman–Crippen MR) is 354 cm³/mol. The summed E-state index contributed by atoms with van der Waals surface area (Å²) in [5, 5.41) is 52.8. The molecule has 3 amide bonds.